The van der Waals surface area contributed by atoms with E-state index >= 15 is 0 Å². The summed E-state index contributed by atoms with van der Waals surface area (Å²) in [6.45, 7) is 6.94. The van der Waals surface area contributed by atoms with Crippen molar-refractivity contribution in [3.63, 3.8) is 0 Å². The molecule has 106 valence electrons. The summed E-state index contributed by atoms with van der Waals surface area (Å²) in [5.41, 5.74) is 4.99. The van der Waals surface area contributed by atoms with Crippen LogP contribution < -0.4 is 4.74 Å². The largest absolute Gasteiger partial charge is 0.494 e. The molecule has 0 aliphatic rings. The predicted molar refractivity (Wildman–Crippen MR) is 92.0 cm³/mol. The van der Waals surface area contributed by atoms with Gasteiger partial charge in [-0.2, -0.15) is 0 Å². The molecule has 0 bridgehead atoms. The maximum absolute atomic E-state index is 5.75. The predicted octanol–water partition coefficient (Wildman–Crippen LogP) is 5.95. The monoisotopic (exact) mass is 396 g/mol. The third-order valence-corrected chi connectivity index (χ3v) is 4.72. The van der Waals surface area contributed by atoms with E-state index in [-0.39, 0.29) is 4.83 Å². The molecule has 1 nitrogen and oxygen atoms in total. The number of benzene rings is 2. The molecule has 0 aromatic heterocycles. The minimum Gasteiger partial charge on any atom is -0.494 e. The number of hydrogen-bond donors (Lipinski definition) is 0. The Morgan fingerprint density at radius 2 is 1.80 bits per heavy atom. The van der Waals surface area contributed by atoms with E-state index in [1.54, 1.807) is 0 Å². The van der Waals surface area contributed by atoms with Crippen molar-refractivity contribution in [3.05, 3.63) is 63.1 Å². The zero-order valence-corrected chi connectivity index (χ0v) is 15.1. The van der Waals surface area contributed by atoms with Gasteiger partial charge in [-0.3, -0.25) is 0 Å². The molecule has 0 radical (unpaired) electrons. The van der Waals surface area contributed by atoms with Crippen LogP contribution in [-0.4, -0.2) is 6.61 Å². The Morgan fingerprint density at radius 3 is 2.45 bits per heavy atom. The molecule has 2 aromatic carbocycles. The Balaban J connectivity index is 2.46. The van der Waals surface area contributed by atoms with E-state index in [1.807, 2.05) is 19.1 Å². The van der Waals surface area contributed by atoms with Gasteiger partial charge >= 0.3 is 0 Å². The van der Waals surface area contributed by atoms with Gasteiger partial charge in [0.15, 0.2) is 0 Å². The Hall–Kier alpha value is -0.800. The second kappa shape index (κ2) is 6.77. The van der Waals surface area contributed by atoms with Gasteiger partial charge in [0.2, 0.25) is 0 Å². The molecule has 20 heavy (non-hydrogen) atoms. The van der Waals surface area contributed by atoms with Crippen LogP contribution in [-0.2, 0) is 0 Å². The van der Waals surface area contributed by atoms with Gasteiger partial charge in [-0.1, -0.05) is 55.6 Å². The minimum atomic E-state index is 0.127. The summed E-state index contributed by atoms with van der Waals surface area (Å²) in [6.07, 6.45) is 0. The van der Waals surface area contributed by atoms with Crippen molar-refractivity contribution in [2.45, 2.75) is 25.6 Å². The van der Waals surface area contributed by atoms with Crippen molar-refractivity contribution in [3.8, 4) is 5.75 Å². The van der Waals surface area contributed by atoms with Crippen LogP contribution in [0.5, 0.6) is 5.75 Å². The molecule has 0 heterocycles. The molecule has 2 aromatic rings. The van der Waals surface area contributed by atoms with Crippen LogP contribution >= 0.6 is 31.9 Å². The fraction of sp³-hybridized carbons (Fsp3) is 0.294. The standard InChI is InChI=1S/C17H18Br2O/c1-4-20-16-8-6-13(18)10-15(16)17(19)14-7-5-11(2)9-12(14)3/h5-10,17H,4H2,1-3H3. The molecule has 3 heteroatoms. The summed E-state index contributed by atoms with van der Waals surface area (Å²) in [5, 5.41) is 0. The lowest BCUT2D eigenvalue weighted by atomic mass is 9.98. The van der Waals surface area contributed by atoms with Gasteiger partial charge in [0.25, 0.3) is 0 Å². The topological polar surface area (TPSA) is 9.23 Å². The molecule has 0 saturated carbocycles. The van der Waals surface area contributed by atoms with Crippen molar-refractivity contribution in [2.24, 2.45) is 0 Å². The first-order valence-electron chi connectivity index (χ1n) is 6.66. The number of rotatable bonds is 4. The third-order valence-electron chi connectivity index (χ3n) is 3.24. The van der Waals surface area contributed by atoms with Crippen LogP contribution in [0.3, 0.4) is 0 Å². The summed E-state index contributed by atoms with van der Waals surface area (Å²) in [4.78, 5) is 0.127. The van der Waals surface area contributed by atoms with Gasteiger partial charge in [0.05, 0.1) is 11.4 Å². The summed E-state index contributed by atoms with van der Waals surface area (Å²) >= 11 is 7.37. The molecule has 2 rings (SSSR count). The van der Waals surface area contributed by atoms with Gasteiger partial charge in [0.1, 0.15) is 5.75 Å². The number of aryl methyl sites for hydroxylation is 2. The van der Waals surface area contributed by atoms with Crippen LogP contribution in [0.4, 0.5) is 0 Å². The van der Waals surface area contributed by atoms with Crippen LogP contribution in [0.15, 0.2) is 40.9 Å². The highest BCUT2D eigenvalue weighted by Gasteiger charge is 2.17. The molecule has 1 atom stereocenters. The molecular formula is C17H18Br2O. The van der Waals surface area contributed by atoms with E-state index in [0.29, 0.717) is 6.61 Å². The van der Waals surface area contributed by atoms with Crippen LogP contribution in [0.2, 0.25) is 0 Å². The third kappa shape index (κ3) is 3.44. The van der Waals surface area contributed by atoms with Crippen molar-refractivity contribution in [1.29, 1.82) is 0 Å². The molecule has 0 aliphatic carbocycles. The number of halogens is 2. The van der Waals surface area contributed by atoms with Crippen molar-refractivity contribution in [1.82, 2.24) is 0 Å². The highest BCUT2D eigenvalue weighted by molar-refractivity contribution is 9.10. The van der Waals surface area contributed by atoms with E-state index < -0.39 is 0 Å². The molecule has 0 aliphatic heterocycles. The van der Waals surface area contributed by atoms with Crippen molar-refractivity contribution in [2.75, 3.05) is 6.61 Å². The quantitative estimate of drug-likeness (QED) is 0.579. The van der Waals surface area contributed by atoms with Gasteiger partial charge in [0, 0.05) is 10.0 Å². The molecule has 0 saturated heterocycles. The maximum atomic E-state index is 5.75. The number of hydrogen-bond acceptors (Lipinski definition) is 1. The highest BCUT2D eigenvalue weighted by Crippen LogP contribution is 2.39. The first kappa shape index (κ1) is 15.6. The molecule has 0 spiro atoms. The maximum Gasteiger partial charge on any atom is 0.124 e. The Bertz CT molecular complexity index is 608. The molecule has 0 fully saturated rings. The Labute approximate surface area is 137 Å². The smallest absolute Gasteiger partial charge is 0.124 e. The van der Waals surface area contributed by atoms with Crippen LogP contribution in [0, 0.1) is 13.8 Å². The second-order valence-corrected chi connectivity index (χ2v) is 6.67. The Morgan fingerprint density at radius 1 is 1.05 bits per heavy atom. The van der Waals surface area contributed by atoms with Crippen molar-refractivity contribution >= 4 is 31.9 Å². The fourth-order valence-corrected chi connectivity index (χ4v) is 3.53. The number of alkyl halides is 1. The van der Waals surface area contributed by atoms with E-state index in [1.165, 1.54) is 16.7 Å². The van der Waals surface area contributed by atoms with Crippen LogP contribution in [0.25, 0.3) is 0 Å². The SMILES string of the molecule is CCOc1ccc(Br)cc1C(Br)c1ccc(C)cc1C. The summed E-state index contributed by atoms with van der Waals surface area (Å²) < 4.78 is 6.81. The lowest BCUT2D eigenvalue weighted by molar-refractivity contribution is 0.337. The first-order chi connectivity index (χ1) is 9.52. The fourth-order valence-electron chi connectivity index (χ4n) is 2.28. The van der Waals surface area contributed by atoms with Crippen molar-refractivity contribution < 1.29 is 4.74 Å². The second-order valence-electron chi connectivity index (χ2n) is 4.84. The zero-order valence-electron chi connectivity index (χ0n) is 11.9. The summed E-state index contributed by atoms with van der Waals surface area (Å²) in [7, 11) is 0. The summed E-state index contributed by atoms with van der Waals surface area (Å²) in [5.74, 6) is 0.928. The van der Waals surface area contributed by atoms with Gasteiger partial charge in [-0.15, -0.1) is 0 Å². The first-order valence-corrected chi connectivity index (χ1v) is 8.37. The average Bonchev–Trinajstić information content (AvgIpc) is 2.40. The van der Waals surface area contributed by atoms with E-state index in [0.717, 1.165) is 15.8 Å². The lowest BCUT2D eigenvalue weighted by Crippen LogP contribution is -2.01. The zero-order chi connectivity index (χ0) is 14.7. The lowest BCUT2D eigenvalue weighted by Gasteiger charge is -2.18. The number of ether oxygens (including phenoxy) is 1. The normalized spacial score (nSPS) is 12.2. The average molecular weight is 398 g/mol. The van der Waals surface area contributed by atoms with Crippen LogP contribution in [0.1, 0.15) is 34.0 Å². The highest BCUT2D eigenvalue weighted by atomic mass is 79.9. The summed E-state index contributed by atoms with van der Waals surface area (Å²) in [6, 6.07) is 12.7. The van der Waals surface area contributed by atoms with E-state index in [9.17, 15) is 0 Å². The molecule has 0 N–H and O–H groups in total. The van der Waals surface area contributed by atoms with E-state index in [4.69, 9.17) is 4.74 Å². The molecular weight excluding hydrogens is 380 g/mol. The van der Waals surface area contributed by atoms with E-state index in [2.05, 4.69) is 70.0 Å². The van der Waals surface area contributed by atoms with Gasteiger partial charge < -0.3 is 4.74 Å². The molecule has 1 unspecified atom stereocenters. The van der Waals surface area contributed by atoms with Gasteiger partial charge in [-0.05, 0) is 50.1 Å². The van der Waals surface area contributed by atoms with Gasteiger partial charge in [-0.25, -0.2) is 0 Å². The minimum absolute atomic E-state index is 0.127. The Kier molecular flexibility index (Phi) is 5.28. The molecule has 0 amide bonds.